The van der Waals surface area contributed by atoms with Gasteiger partial charge in [0, 0.05) is 0 Å². The van der Waals surface area contributed by atoms with Gasteiger partial charge in [-0.25, -0.2) is 4.98 Å². The lowest BCUT2D eigenvalue weighted by Gasteiger charge is -2.11. The van der Waals surface area contributed by atoms with E-state index in [4.69, 9.17) is 9.72 Å². The van der Waals surface area contributed by atoms with E-state index in [1.807, 2.05) is 54.6 Å². The third-order valence-electron chi connectivity index (χ3n) is 4.51. The number of hydrogen-bond donors (Lipinski definition) is 1. The fourth-order valence-electron chi connectivity index (χ4n) is 3.10. The fourth-order valence-corrected chi connectivity index (χ4v) is 3.56. The lowest BCUT2D eigenvalue weighted by molar-refractivity contribution is 0.372. The molecule has 4 aromatic rings. The van der Waals surface area contributed by atoms with Crippen LogP contribution in [0.15, 0.2) is 76.0 Å². The predicted molar refractivity (Wildman–Crippen MR) is 119 cm³/mol. The van der Waals surface area contributed by atoms with Gasteiger partial charge in [-0.05, 0) is 64.0 Å². The number of phenols is 1. The number of fused-ring (bicyclic) bond motifs is 1. The van der Waals surface area contributed by atoms with E-state index >= 15 is 0 Å². The lowest BCUT2D eigenvalue weighted by atomic mass is 10.1. The number of halogens is 1. The Morgan fingerprint density at radius 2 is 1.76 bits per heavy atom. The van der Waals surface area contributed by atoms with Gasteiger partial charge < -0.3 is 9.84 Å². The summed E-state index contributed by atoms with van der Waals surface area (Å²) in [5.41, 5.74) is 2.02. The summed E-state index contributed by atoms with van der Waals surface area (Å²) in [5, 5.41) is 10.6. The second kappa shape index (κ2) is 7.93. The van der Waals surface area contributed by atoms with Crippen molar-refractivity contribution in [1.29, 1.82) is 0 Å². The molecule has 144 valence electrons. The molecule has 4 rings (SSSR count). The molecule has 0 spiro atoms. The minimum absolute atomic E-state index is 0.0367. The maximum absolute atomic E-state index is 13.2. The fraction of sp³-hybridized carbons (Fsp3) is 0.0435. The van der Waals surface area contributed by atoms with Gasteiger partial charge in [-0.3, -0.25) is 9.36 Å². The first-order valence-corrected chi connectivity index (χ1v) is 9.69. The Bertz CT molecular complexity index is 1280. The van der Waals surface area contributed by atoms with Crippen molar-refractivity contribution >= 4 is 39.0 Å². The predicted octanol–water partition coefficient (Wildman–Crippen LogP) is 5.03. The molecular weight excluding hydrogens is 432 g/mol. The standard InChI is InChI=1S/C23H17BrN2O3/c1-29-20-14-15(13-18(24)22(20)27)11-12-21-25-19-10-6-5-9-17(19)23(28)26(21)16-7-3-2-4-8-16/h2-14,27H,1H3/b12-11+. The van der Waals surface area contributed by atoms with Gasteiger partial charge in [0.1, 0.15) is 5.82 Å². The van der Waals surface area contributed by atoms with Crippen molar-refractivity contribution in [2.24, 2.45) is 0 Å². The summed E-state index contributed by atoms with van der Waals surface area (Å²) in [4.78, 5) is 17.9. The number of rotatable bonds is 4. The van der Waals surface area contributed by atoms with E-state index in [9.17, 15) is 9.90 Å². The lowest BCUT2D eigenvalue weighted by Crippen LogP contribution is -2.22. The number of methoxy groups -OCH3 is 1. The van der Waals surface area contributed by atoms with Crippen LogP contribution < -0.4 is 10.3 Å². The van der Waals surface area contributed by atoms with Crippen LogP contribution in [0.25, 0.3) is 28.7 Å². The normalized spacial score (nSPS) is 11.2. The van der Waals surface area contributed by atoms with Crippen molar-refractivity contribution in [3.8, 4) is 17.2 Å². The first kappa shape index (κ1) is 19.0. The molecule has 1 aromatic heterocycles. The van der Waals surface area contributed by atoms with Crippen LogP contribution in [-0.2, 0) is 0 Å². The Morgan fingerprint density at radius 1 is 1.03 bits per heavy atom. The van der Waals surface area contributed by atoms with Crippen LogP contribution in [0.1, 0.15) is 11.4 Å². The summed E-state index contributed by atoms with van der Waals surface area (Å²) in [6, 6.07) is 20.2. The van der Waals surface area contributed by atoms with Crippen LogP contribution in [0.4, 0.5) is 0 Å². The summed E-state index contributed by atoms with van der Waals surface area (Å²) in [5.74, 6) is 0.892. The third-order valence-corrected chi connectivity index (χ3v) is 5.12. The minimum atomic E-state index is -0.133. The average Bonchev–Trinajstić information content (AvgIpc) is 2.75. The molecule has 0 aliphatic rings. The summed E-state index contributed by atoms with van der Waals surface area (Å²) in [7, 11) is 1.49. The molecule has 0 bridgehead atoms. The van der Waals surface area contributed by atoms with Gasteiger partial charge >= 0.3 is 0 Å². The van der Waals surface area contributed by atoms with Crippen LogP contribution >= 0.6 is 15.9 Å². The molecule has 1 N–H and O–H groups in total. The molecule has 0 amide bonds. The molecule has 6 heteroatoms. The molecule has 0 aliphatic heterocycles. The van der Waals surface area contributed by atoms with Crippen molar-refractivity contribution < 1.29 is 9.84 Å². The summed E-state index contributed by atoms with van der Waals surface area (Å²) in [6.07, 6.45) is 3.60. The van der Waals surface area contributed by atoms with Crippen LogP contribution in [0, 0.1) is 0 Å². The number of aromatic nitrogens is 2. The number of nitrogens with zero attached hydrogens (tertiary/aromatic N) is 2. The van der Waals surface area contributed by atoms with Gasteiger partial charge in [-0.2, -0.15) is 0 Å². The highest BCUT2D eigenvalue weighted by atomic mass is 79.9. The largest absolute Gasteiger partial charge is 0.503 e. The van der Waals surface area contributed by atoms with E-state index in [1.54, 1.807) is 28.8 Å². The van der Waals surface area contributed by atoms with E-state index in [0.29, 0.717) is 26.9 Å². The van der Waals surface area contributed by atoms with Gasteiger partial charge in [-0.1, -0.05) is 36.4 Å². The van der Waals surface area contributed by atoms with Crippen molar-refractivity contribution in [2.45, 2.75) is 0 Å². The Hall–Kier alpha value is -3.38. The average molecular weight is 449 g/mol. The molecule has 0 unspecified atom stereocenters. The Kier molecular flexibility index (Phi) is 5.18. The van der Waals surface area contributed by atoms with Gasteiger partial charge in [0.05, 0.1) is 28.2 Å². The number of phenolic OH excluding ortho intramolecular Hbond substituents is 1. The number of ether oxygens (including phenoxy) is 1. The van der Waals surface area contributed by atoms with E-state index in [-0.39, 0.29) is 11.3 Å². The highest BCUT2D eigenvalue weighted by molar-refractivity contribution is 9.10. The summed E-state index contributed by atoms with van der Waals surface area (Å²) < 4.78 is 7.31. The molecule has 5 nitrogen and oxygen atoms in total. The summed E-state index contributed by atoms with van der Waals surface area (Å²) in [6.45, 7) is 0. The zero-order valence-electron chi connectivity index (χ0n) is 15.5. The maximum Gasteiger partial charge on any atom is 0.266 e. The number of hydrogen-bond acceptors (Lipinski definition) is 4. The SMILES string of the molecule is COc1cc(/C=C/c2nc3ccccc3c(=O)n2-c2ccccc2)cc(Br)c1O. The zero-order valence-corrected chi connectivity index (χ0v) is 17.1. The maximum atomic E-state index is 13.2. The Balaban J connectivity index is 1.91. The topological polar surface area (TPSA) is 64.3 Å². The molecule has 29 heavy (non-hydrogen) atoms. The number of benzene rings is 3. The van der Waals surface area contributed by atoms with Crippen LogP contribution in [0.5, 0.6) is 11.5 Å². The third kappa shape index (κ3) is 3.67. The van der Waals surface area contributed by atoms with Crippen molar-refractivity contribution in [3.05, 3.63) is 92.9 Å². The Labute approximate surface area is 175 Å². The molecule has 0 atom stereocenters. The van der Waals surface area contributed by atoms with E-state index in [2.05, 4.69) is 15.9 Å². The molecule has 1 heterocycles. The molecule has 0 fully saturated rings. The number of aromatic hydroxyl groups is 1. The van der Waals surface area contributed by atoms with Crippen molar-refractivity contribution in [1.82, 2.24) is 9.55 Å². The van der Waals surface area contributed by atoms with Gasteiger partial charge in [0.25, 0.3) is 5.56 Å². The highest BCUT2D eigenvalue weighted by Crippen LogP contribution is 2.35. The van der Waals surface area contributed by atoms with Crippen LogP contribution in [0.2, 0.25) is 0 Å². The highest BCUT2D eigenvalue weighted by Gasteiger charge is 2.11. The minimum Gasteiger partial charge on any atom is -0.503 e. The molecule has 3 aromatic carbocycles. The van der Waals surface area contributed by atoms with Crippen LogP contribution in [-0.4, -0.2) is 21.8 Å². The molecule has 0 saturated carbocycles. The quantitative estimate of drug-likeness (QED) is 0.475. The van der Waals surface area contributed by atoms with Crippen molar-refractivity contribution in [3.63, 3.8) is 0 Å². The molecule has 0 aliphatic carbocycles. The molecule has 0 saturated heterocycles. The van der Waals surface area contributed by atoms with Crippen LogP contribution in [0.3, 0.4) is 0 Å². The second-order valence-electron chi connectivity index (χ2n) is 6.35. The zero-order chi connectivity index (χ0) is 20.4. The van der Waals surface area contributed by atoms with Gasteiger partial charge in [-0.15, -0.1) is 0 Å². The van der Waals surface area contributed by atoms with Crippen molar-refractivity contribution in [2.75, 3.05) is 7.11 Å². The first-order valence-electron chi connectivity index (χ1n) is 8.90. The second-order valence-corrected chi connectivity index (χ2v) is 7.20. The molecule has 0 radical (unpaired) electrons. The summed E-state index contributed by atoms with van der Waals surface area (Å²) >= 11 is 3.32. The van der Waals surface area contributed by atoms with E-state index in [0.717, 1.165) is 11.3 Å². The van der Waals surface area contributed by atoms with Gasteiger partial charge in [0.2, 0.25) is 0 Å². The van der Waals surface area contributed by atoms with E-state index < -0.39 is 0 Å². The monoisotopic (exact) mass is 448 g/mol. The Morgan fingerprint density at radius 3 is 2.52 bits per heavy atom. The number of para-hydroxylation sites is 2. The van der Waals surface area contributed by atoms with Gasteiger partial charge in [0.15, 0.2) is 11.5 Å². The smallest absolute Gasteiger partial charge is 0.266 e. The molecular formula is C23H17BrN2O3. The van der Waals surface area contributed by atoms with E-state index in [1.165, 1.54) is 7.11 Å². The first-order chi connectivity index (χ1) is 14.1.